The van der Waals surface area contributed by atoms with Crippen LogP contribution in [-0.4, -0.2) is 46.7 Å². The largest absolute Gasteiger partial charge is 0.491 e. The van der Waals surface area contributed by atoms with Gasteiger partial charge in [0.25, 0.3) is 5.91 Å². The van der Waals surface area contributed by atoms with Crippen LogP contribution in [0.4, 0.5) is 4.79 Å². The summed E-state index contributed by atoms with van der Waals surface area (Å²) in [5.41, 5.74) is -0.886. The minimum absolute atomic E-state index is 0.00152. The molecule has 2 rings (SSSR count). The summed E-state index contributed by atoms with van der Waals surface area (Å²) in [5, 5.41) is 12.6. The summed E-state index contributed by atoms with van der Waals surface area (Å²) >= 11 is 3.32. The molecule has 1 fully saturated rings. The number of imide groups is 1. The molecule has 1 aromatic rings. The first-order valence-electron chi connectivity index (χ1n) is 7.06. The molecule has 22 heavy (non-hydrogen) atoms. The molecule has 0 aliphatic carbocycles. The Bertz CT molecular complexity index is 563. The Morgan fingerprint density at radius 2 is 2.00 bits per heavy atom. The predicted octanol–water partition coefficient (Wildman–Crippen LogP) is 1.91. The minimum atomic E-state index is -0.947. The molecule has 2 unspecified atom stereocenters. The van der Waals surface area contributed by atoms with E-state index in [9.17, 15) is 14.7 Å². The Labute approximate surface area is 137 Å². The maximum absolute atomic E-state index is 12.2. The van der Waals surface area contributed by atoms with E-state index in [1.54, 1.807) is 19.1 Å². The number of carbonyl (C=O) groups is 2. The molecule has 2 atom stereocenters. The molecule has 0 spiro atoms. The highest BCUT2D eigenvalue weighted by molar-refractivity contribution is 9.10. The zero-order valence-electron chi connectivity index (χ0n) is 12.5. The monoisotopic (exact) mass is 370 g/mol. The maximum atomic E-state index is 12.2. The third kappa shape index (κ3) is 3.59. The number of rotatable bonds is 6. The van der Waals surface area contributed by atoms with Crippen LogP contribution in [-0.2, 0) is 4.79 Å². The molecule has 1 heterocycles. The normalized spacial score (nSPS) is 22.6. The topological polar surface area (TPSA) is 78.9 Å². The van der Waals surface area contributed by atoms with E-state index in [0.717, 1.165) is 9.37 Å². The summed E-state index contributed by atoms with van der Waals surface area (Å²) in [5.74, 6) is 0.292. The van der Waals surface area contributed by atoms with Crippen LogP contribution in [0.3, 0.4) is 0 Å². The smallest absolute Gasteiger partial charge is 0.325 e. The van der Waals surface area contributed by atoms with Gasteiger partial charge in [-0.05, 0) is 37.6 Å². The molecule has 0 bridgehead atoms. The van der Waals surface area contributed by atoms with Gasteiger partial charge in [0.2, 0.25) is 0 Å². The highest BCUT2D eigenvalue weighted by atomic mass is 79.9. The molecule has 1 aliphatic rings. The van der Waals surface area contributed by atoms with Gasteiger partial charge in [-0.3, -0.25) is 9.69 Å². The number of carbonyl (C=O) groups excluding carboxylic acids is 2. The highest BCUT2D eigenvalue weighted by Crippen LogP contribution is 2.21. The molecule has 120 valence electrons. The fourth-order valence-corrected chi connectivity index (χ4v) is 2.40. The standard InChI is InChI=1S/C15H19BrN2O4/c1-3-15(2)13(20)18(14(21)17-15)8-11(19)9-22-12-6-4-10(16)5-7-12/h4-7,11,19H,3,8-9H2,1-2H3,(H,17,21). The molecule has 2 N–H and O–H groups in total. The second-order valence-corrected chi connectivity index (χ2v) is 6.37. The predicted molar refractivity (Wildman–Crippen MR) is 84.6 cm³/mol. The van der Waals surface area contributed by atoms with Crippen molar-refractivity contribution in [2.75, 3.05) is 13.2 Å². The van der Waals surface area contributed by atoms with Crippen LogP contribution in [0.2, 0.25) is 0 Å². The van der Waals surface area contributed by atoms with E-state index >= 15 is 0 Å². The summed E-state index contributed by atoms with van der Waals surface area (Å²) in [4.78, 5) is 25.1. The first kappa shape index (κ1) is 16.8. The van der Waals surface area contributed by atoms with Crippen molar-refractivity contribution >= 4 is 27.9 Å². The van der Waals surface area contributed by atoms with E-state index in [4.69, 9.17) is 4.74 Å². The zero-order chi connectivity index (χ0) is 16.3. The minimum Gasteiger partial charge on any atom is -0.491 e. The van der Waals surface area contributed by atoms with Gasteiger partial charge in [0.05, 0.1) is 6.54 Å². The van der Waals surface area contributed by atoms with Crippen LogP contribution in [0.15, 0.2) is 28.7 Å². The van der Waals surface area contributed by atoms with E-state index in [2.05, 4.69) is 21.2 Å². The van der Waals surface area contributed by atoms with Gasteiger partial charge in [0.15, 0.2) is 0 Å². The van der Waals surface area contributed by atoms with Gasteiger partial charge in [0, 0.05) is 4.47 Å². The van der Waals surface area contributed by atoms with Crippen molar-refractivity contribution in [3.05, 3.63) is 28.7 Å². The average Bonchev–Trinajstić information content (AvgIpc) is 2.71. The summed E-state index contributed by atoms with van der Waals surface area (Å²) < 4.78 is 6.37. The lowest BCUT2D eigenvalue weighted by molar-refractivity contribution is -0.132. The number of nitrogens with zero attached hydrogens (tertiary/aromatic N) is 1. The lowest BCUT2D eigenvalue weighted by Gasteiger charge is -2.21. The van der Waals surface area contributed by atoms with Crippen molar-refractivity contribution < 1.29 is 19.4 Å². The lowest BCUT2D eigenvalue weighted by atomic mass is 9.99. The number of amides is 3. The van der Waals surface area contributed by atoms with Gasteiger partial charge < -0.3 is 15.2 Å². The second kappa shape index (κ2) is 6.66. The van der Waals surface area contributed by atoms with Crippen LogP contribution in [0.5, 0.6) is 5.75 Å². The highest BCUT2D eigenvalue weighted by Gasteiger charge is 2.46. The molecule has 7 heteroatoms. The Balaban J connectivity index is 1.89. The van der Waals surface area contributed by atoms with E-state index in [0.29, 0.717) is 12.2 Å². The summed E-state index contributed by atoms with van der Waals surface area (Å²) in [6.07, 6.45) is -0.447. The van der Waals surface area contributed by atoms with Gasteiger partial charge >= 0.3 is 6.03 Å². The SMILES string of the molecule is CCC1(C)NC(=O)N(CC(O)COc2ccc(Br)cc2)C1=O. The van der Waals surface area contributed by atoms with Crippen molar-refractivity contribution in [3.8, 4) is 5.75 Å². The fraction of sp³-hybridized carbons (Fsp3) is 0.467. The number of hydrogen-bond donors (Lipinski definition) is 2. The summed E-state index contributed by atoms with van der Waals surface area (Å²) in [7, 11) is 0. The van der Waals surface area contributed by atoms with E-state index < -0.39 is 17.7 Å². The number of nitrogens with one attached hydrogen (secondary N) is 1. The van der Waals surface area contributed by atoms with Crippen molar-refractivity contribution in [3.63, 3.8) is 0 Å². The fourth-order valence-electron chi connectivity index (χ4n) is 2.14. The Morgan fingerprint density at radius 3 is 2.55 bits per heavy atom. The van der Waals surface area contributed by atoms with Gasteiger partial charge in [-0.1, -0.05) is 22.9 Å². The van der Waals surface area contributed by atoms with Crippen molar-refractivity contribution in [1.82, 2.24) is 10.2 Å². The molecule has 0 radical (unpaired) electrons. The number of ether oxygens (including phenoxy) is 1. The number of aliphatic hydroxyl groups is 1. The quantitative estimate of drug-likeness (QED) is 0.749. The van der Waals surface area contributed by atoms with Crippen molar-refractivity contribution in [1.29, 1.82) is 0 Å². The summed E-state index contributed by atoms with van der Waals surface area (Å²) in [6.45, 7) is 3.42. The zero-order valence-corrected chi connectivity index (χ0v) is 14.1. The maximum Gasteiger partial charge on any atom is 0.325 e. The van der Waals surface area contributed by atoms with Gasteiger partial charge in [-0.15, -0.1) is 0 Å². The van der Waals surface area contributed by atoms with Gasteiger partial charge in [-0.2, -0.15) is 0 Å². The van der Waals surface area contributed by atoms with Crippen LogP contribution >= 0.6 is 15.9 Å². The average molecular weight is 371 g/mol. The second-order valence-electron chi connectivity index (χ2n) is 5.45. The third-order valence-corrected chi connectivity index (χ3v) is 4.23. The Morgan fingerprint density at radius 1 is 1.36 bits per heavy atom. The van der Waals surface area contributed by atoms with Gasteiger partial charge in [0.1, 0.15) is 24.0 Å². The van der Waals surface area contributed by atoms with Crippen molar-refractivity contribution in [2.45, 2.75) is 31.9 Å². The molecule has 1 aromatic carbocycles. The van der Waals surface area contributed by atoms with Crippen LogP contribution < -0.4 is 10.1 Å². The number of halogens is 1. The van der Waals surface area contributed by atoms with Gasteiger partial charge in [-0.25, -0.2) is 4.79 Å². The molecule has 1 saturated heterocycles. The number of β-amino-alcohol motifs (C(OH)–C–C–N with tert-alkyl or cyclic N) is 1. The molecule has 6 nitrogen and oxygen atoms in total. The van der Waals surface area contributed by atoms with Crippen LogP contribution in [0.1, 0.15) is 20.3 Å². The van der Waals surface area contributed by atoms with E-state index in [1.807, 2.05) is 19.1 Å². The first-order chi connectivity index (χ1) is 10.4. The van der Waals surface area contributed by atoms with Crippen LogP contribution in [0, 0.1) is 0 Å². The third-order valence-electron chi connectivity index (χ3n) is 3.70. The number of hydrogen-bond acceptors (Lipinski definition) is 4. The number of benzene rings is 1. The Kier molecular flexibility index (Phi) is 5.08. The molecule has 1 aliphatic heterocycles. The molecule has 0 saturated carbocycles. The number of urea groups is 1. The molecule has 0 aromatic heterocycles. The Hall–Kier alpha value is -1.60. The molecular formula is C15H19BrN2O4. The molecule has 3 amide bonds. The summed E-state index contributed by atoms with van der Waals surface area (Å²) in [6, 6.07) is 6.70. The van der Waals surface area contributed by atoms with E-state index in [-0.39, 0.29) is 19.1 Å². The first-order valence-corrected chi connectivity index (χ1v) is 7.85. The van der Waals surface area contributed by atoms with E-state index in [1.165, 1.54) is 0 Å². The lowest BCUT2D eigenvalue weighted by Crippen LogP contribution is -2.44. The van der Waals surface area contributed by atoms with Crippen molar-refractivity contribution in [2.24, 2.45) is 0 Å². The van der Waals surface area contributed by atoms with Crippen LogP contribution in [0.25, 0.3) is 0 Å². The number of aliphatic hydroxyl groups excluding tert-OH is 1. The molecular weight excluding hydrogens is 352 g/mol.